The Balaban J connectivity index is 1.86. The summed E-state index contributed by atoms with van der Waals surface area (Å²) >= 11 is 0. The van der Waals surface area contributed by atoms with Gasteiger partial charge in [0.05, 0.1) is 17.7 Å². The molecular formula is C18H17NO4S. The third-order valence-electron chi connectivity index (χ3n) is 3.93. The summed E-state index contributed by atoms with van der Waals surface area (Å²) in [7, 11) is -2.29. The number of hydrogen-bond donors (Lipinski definition) is 0. The highest BCUT2D eigenvalue weighted by Crippen LogP contribution is 2.32. The zero-order chi connectivity index (χ0) is 17.2. The average molecular weight is 343 g/mol. The molecule has 3 rings (SSSR count). The van der Waals surface area contributed by atoms with Gasteiger partial charge in [-0.15, -0.1) is 0 Å². The first-order valence-corrected chi connectivity index (χ1v) is 8.93. The fraction of sp³-hybridized carbons (Fsp3) is 0.167. The number of para-hydroxylation sites is 1. The number of carbonyl (C=O) groups is 1. The van der Waals surface area contributed by atoms with Crippen LogP contribution in [0, 0.1) is 0 Å². The summed E-state index contributed by atoms with van der Waals surface area (Å²) in [5, 5.41) is 0. The van der Waals surface area contributed by atoms with E-state index in [4.69, 9.17) is 0 Å². The molecular weight excluding hydrogens is 326 g/mol. The summed E-state index contributed by atoms with van der Waals surface area (Å²) in [4.78, 5) is 11.3. The van der Waals surface area contributed by atoms with Crippen LogP contribution in [-0.2, 0) is 26.0 Å². The Hall–Kier alpha value is -2.60. The van der Waals surface area contributed by atoms with Crippen molar-refractivity contribution in [3.05, 3.63) is 65.7 Å². The maximum absolute atomic E-state index is 12.9. The Bertz CT molecular complexity index is 885. The van der Waals surface area contributed by atoms with Crippen LogP contribution >= 0.6 is 0 Å². The van der Waals surface area contributed by atoms with Gasteiger partial charge in [-0.2, -0.15) is 0 Å². The lowest BCUT2D eigenvalue weighted by atomic mass is 10.2. The Labute approximate surface area is 141 Å². The second-order valence-corrected chi connectivity index (χ2v) is 7.24. The number of nitrogens with zero attached hydrogens (tertiary/aromatic N) is 1. The number of benzene rings is 2. The molecule has 0 aromatic heterocycles. The van der Waals surface area contributed by atoms with E-state index in [1.54, 1.807) is 30.3 Å². The van der Waals surface area contributed by atoms with E-state index < -0.39 is 16.0 Å². The average Bonchev–Trinajstić information content (AvgIpc) is 3.05. The Morgan fingerprint density at radius 2 is 1.83 bits per heavy atom. The van der Waals surface area contributed by atoms with Crippen LogP contribution in [0.5, 0.6) is 0 Å². The highest BCUT2D eigenvalue weighted by Gasteiger charge is 2.30. The SMILES string of the molecule is COC(=O)C=Cc1ccc(S(=O)(=O)N2CCc3ccccc32)cc1. The van der Waals surface area contributed by atoms with Gasteiger partial charge in [0.1, 0.15) is 0 Å². The largest absolute Gasteiger partial charge is 0.466 e. The van der Waals surface area contributed by atoms with Crippen molar-refractivity contribution in [3.8, 4) is 0 Å². The number of hydrogen-bond acceptors (Lipinski definition) is 4. The maximum atomic E-state index is 12.9. The molecule has 5 nitrogen and oxygen atoms in total. The van der Waals surface area contributed by atoms with Crippen LogP contribution in [0.4, 0.5) is 5.69 Å². The monoisotopic (exact) mass is 343 g/mol. The fourth-order valence-corrected chi connectivity index (χ4v) is 4.17. The summed E-state index contributed by atoms with van der Waals surface area (Å²) < 4.78 is 31.7. The van der Waals surface area contributed by atoms with E-state index in [1.165, 1.54) is 17.5 Å². The zero-order valence-corrected chi connectivity index (χ0v) is 14.0. The summed E-state index contributed by atoms with van der Waals surface area (Å²) in [6.45, 7) is 0.450. The predicted molar refractivity (Wildman–Crippen MR) is 92.2 cm³/mol. The third-order valence-corrected chi connectivity index (χ3v) is 5.75. The number of ether oxygens (including phenoxy) is 1. The van der Waals surface area contributed by atoms with Gasteiger partial charge < -0.3 is 4.74 Å². The molecule has 6 heteroatoms. The van der Waals surface area contributed by atoms with E-state index in [0.29, 0.717) is 6.54 Å². The van der Waals surface area contributed by atoms with E-state index in [-0.39, 0.29) is 4.90 Å². The minimum Gasteiger partial charge on any atom is -0.466 e. The van der Waals surface area contributed by atoms with Gasteiger partial charge in [-0.3, -0.25) is 4.31 Å². The normalized spacial score (nSPS) is 14.0. The smallest absolute Gasteiger partial charge is 0.330 e. The van der Waals surface area contributed by atoms with Gasteiger partial charge in [-0.05, 0) is 41.8 Å². The lowest BCUT2D eigenvalue weighted by molar-refractivity contribution is -0.134. The first-order valence-electron chi connectivity index (χ1n) is 7.49. The first-order chi connectivity index (χ1) is 11.5. The standard InChI is InChI=1S/C18H17NO4S/c1-23-18(20)11-8-14-6-9-16(10-7-14)24(21,22)19-13-12-15-4-2-3-5-17(15)19/h2-11H,12-13H2,1H3. The summed E-state index contributed by atoms with van der Waals surface area (Å²) in [5.41, 5.74) is 2.51. The van der Waals surface area contributed by atoms with Crippen molar-refractivity contribution in [2.24, 2.45) is 0 Å². The van der Waals surface area contributed by atoms with E-state index in [9.17, 15) is 13.2 Å². The minimum absolute atomic E-state index is 0.231. The van der Waals surface area contributed by atoms with E-state index in [2.05, 4.69) is 4.74 Å². The summed E-state index contributed by atoms with van der Waals surface area (Å²) in [6, 6.07) is 14.0. The maximum Gasteiger partial charge on any atom is 0.330 e. The molecule has 1 heterocycles. The quantitative estimate of drug-likeness (QED) is 0.632. The molecule has 0 bridgehead atoms. The Morgan fingerprint density at radius 1 is 1.12 bits per heavy atom. The molecule has 24 heavy (non-hydrogen) atoms. The molecule has 1 aliphatic heterocycles. The molecule has 1 aliphatic rings. The lowest BCUT2D eigenvalue weighted by Crippen LogP contribution is -2.29. The molecule has 0 amide bonds. The molecule has 0 unspecified atom stereocenters. The topological polar surface area (TPSA) is 63.7 Å². The Morgan fingerprint density at radius 3 is 2.54 bits per heavy atom. The molecule has 0 radical (unpaired) electrons. The van der Waals surface area contributed by atoms with Crippen LogP contribution < -0.4 is 4.31 Å². The van der Waals surface area contributed by atoms with Crippen molar-refractivity contribution in [3.63, 3.8) is 0 Å². The van der Waals surface area contributed by atoms with Crippen LogP contribution in [-0.4, -0.2) is 28.0 Å². The van der Waals surface area contributed by atoms with Gasteiger partial charge in [-0.25, -0.2) is 13.2 Å². The molecule has 0 spiro atoms. The van der Waals surface area contributed by atoms with Gasteiger partial charge in [0, 0.05) is 12.6 Å². The number of fused-ring (bicyclic) bond motifs is 1. The molecule has 0 aliphatic carbocycles. The van der Waals surface area contributed by atoms with Gasteiger partial charge in [0.2, 0.25) is 0 Å². The number of esters is 1. The van der Waals surface area contributed by atoms with Crippen molar-refractivity contribution >= 4 is 27.8 Å². The van der Waals surface area contributed by atoms with Crippen molar-refractivity contribution in [1.29, 1.82) is 0 Å². The highest BCUT2D eigenvalue weighted by molar-refractivity contribution is 7.92. The molecule has 2 aromatic rings. The summed E-state index contributed by atoms with van der Waals surface area (Å²) in [5.74, 6) is -0.458. The number of methoxy groups -OCH3 is 1. The van der Waals surface area contributed by atoms with Crippen molar-refractivity contribution in [1.82, 2.24) is 0 Å². The first kappa shape index (κ1) is 16.3. The molecule has 0 saturated heterocycles. The van der Waals surface area contributed by atoms with Crippen molar-refractivity contribution in [2.45, 2.75) is 11.3 Å². The summed E-state index contributed by atoms with van der Waals surface area (Å²) in [6.07, 6.45) is 3.59. The van der Waals surface area contributed by atoms with Gasteiger partial charge in [-0.1, -0.05) is 30.3 Å². The van der Waals surface area contributed by atoms with Crippen LogP contribution in [0.15, 0.2) is 59.5 Å². The molecule has 124 valence electrons. The number of carbonyl (C=O) groups excluding carboxylic acids is 1. The third kappa shape index (κ3) is 3.05. The predicted octanol–water partition coefficient (Wildman–Crippen LogP) is 2.62. The van der Waals surface area contributed by atoms with Gasteiger partial charge in [0.15, 0.2) is 0 Å². The van der Waals surface area contributed by atoms with Crippen LogP contribution in [0.2, 0.25) is 0 Å². The van der Waals surface area contributed by atoms with Crippen LogP contribution in [0.25, 0.3) is 6.08 Å². The van der Waals surface area contributed by atoms with E-state index in [0.717, 1.165) is 23.2 Å². The zero-order valence-electron chi connectivity index (χ0n) is 13.2. The fourth-order valence-electron chi connectivity index (χ4n) is 2.67. The number of sulfonamides is 1. The highest BCUT2D eigenvalue weighted by atomic mass is 32.2. The molecule has 2 aromatic carbocycles. The van der Waals surface area contributed by atoms with Gasteiger partial charge >= 0.3 is 5.97 Å². The molecule has 0 N–H and O–H groups in total. The van der Waals surface area contributed by atoms with Crippen LogP contribution in [0.3, 0.4) is 0 Å². The van der Waals surface area contributed by atoms with Crippen molar-refractivity contribution < 1.29 is 17.9 Å². The second kappa shape index (κ2) is 6.49. The van der Waals surface area contributed by atoms with E-state index in [1.807, 2.05) is 24.3 Å². The van der Waals surface area contributed by atoms with Crippen LogP contribution in [0.1, 0.15) is 11.1 Å². The number of anilines is 1. The lowest BCUT2D eigenvalue weighted by Gasteiger charge is -2.19. The Kier molecular flexibility index (Phi) is 4.40. The van der Waals surface area contributed by atoms with Gasteiger partial charge in [0.25, 0.3) is 10.0 Å². The number of rotatable bonds is 4. The molecule has 0 saturated carbocycles. The van der Waals surface area contributed by atoms with E-state index >= 15 is 0 Å². The molecule has 0 atom stereocenters. The van der Waals surface area contributed by atoms with Crippen molar-refractivity contribution in [2.75, 3.05) is 18.0 Å². The molecule has 0 fully saturated rings. The second-order valence-electron chi connectivity index (χ2n) is 5.38. The minimum atomic E-state index is -3.59.